The maximum Gasteiger partial charge on any atom is 0.416 e. The molecule has 1 N–H and O–H groups in total. The molecule has 26 heavy (non-hydrogen) atoms. The third kappa shape index (κ3) is 4.42. The summed E-state index contributed by atoms with van der Waals surface area (Å²) in [7, 11) is 1.66. The predicted octanol–water partition coefficient (Wildman–Crippen LogP) is 3.79. The van der Waals surface area contributed by atoms with E-state index in [9.17, 15) is 18.0 Å². The zero-order chi connectivity index (χ0) is 18.7. The smallest absolute Gasteiger partial charge is 0.359 e. The van der Waals surface area contributed by atoms with E-state index in [-0.39, 0.29) is 11.8 Å². The maximum atomic E-state index is 12.6. The lowest BCUT2D eigenvalue weighted by molar-refractivity contribution is -0.137. The van der Waals surface area contributed by atoms with Crippen LogP contribution >= 0.6 is 11.3 Å². The minimum Gasteiger partial charge on any atom is -0.359 e. The zero-order valence-electron chi connectivity index (χ0n) is 14.3. The quantitative estimate of drug-likeness (QED) is 0.874. The first-order chi connectivity index (χ1) is 12.4. The first-order valence-corrected chi connectivity index (χ1v) is 9.31. The first kappa shape index (κ1) is 18.8. The second kappa shape index (κ2) is 7.75. The number of aromatic nitrogens is 1. The van der Waals surface area contributed by atoms with Crippen LogP contribution in [0.3, 0.4) is 0 Å². The van der Waals surface area contributed by atoms with Crippen LogP contribution in [-0.4, -0.2) is 35.9 Å². The number of piperidine rings is 1. The van der Waals surface area contributed by atoms with Crippen LogP contribution in [0.1, 0.15) is 24.1 Å². The summed E-state index contributed by atoms with van der Waals surface area (Å²) in [6.07, 6.45) is -2.67. The topological polar surface area (TPSA) is 45.2 Å². The molecule has 1 aliphatic heterocycles. The van der Waals surface area contributed by atoms with Gasteiger partial charge in [0.05, 0.1) is 11.3 Å². The Morgan fingerprint density at radius 2 is 1.92 bits per heavy atom. The van der Waals surface area contributed by atoms with Gasteiger partial charge in [0, 0.05) is 30.5 Å². The van der Waals surface area contributed by atoms with Crippen molar-refractivity contribution in [1.29, 1.82) is 0 Å². The molecule has 2 aromatic rings. The predicted molar refractivity (Wildman–Crippen MR) is 94.6 cm³/mol. The van der Waals surface area contributed by atoms with E-state index < -0.39 is 11.7 Å². The number of nitrogens with one attached hydrogen (secondary N) is 1. The van der Waals surface area contributed by atoms with Crippen LogP contribution in [0.25, 0.3) is 10.6 Å². The number of thiazole rings is 1. The fourth-order valence-electron chi connectivity index (χ4n) is 3.10. The molecule has 0 radical (unpaired) electrons. The molecule has 0 aliphatic carbocycles. The Balaban J connectivity index is 1.59. The standard InChI is InChI=1S/C18H20F3N3OS/c1-22-16(25)12-6-8-24(9-7-12)10-15-11-26-17(23-15)13-2-4-14(5-3-13)18(19,20)21/h2-5,11-12H,6-10H2,1H3,(H,22,25). The molecule has 8 heteroatoms. The number of halogens is 3. The third-order valence-corrected chi connectivity index (χ3v) is 5.54. The van der Waals surface area contributed by atoms with E-state index in [1.165, 1.54) is 23.5 Å². The Morgan fingerprint density at radius 3 is 2.50 bits per heavy atom. The van der Waals surface area contributed by atoms with E-state index in [0.717, 1.165) is 43.8 Å². The highest BCUT2D eigenvalue weighted by Gasteiger charge is 2.30. The molecule has 0 bridgehead atoms. The van der Waals surface area contributed by atoms with Gasteiger partial charge in [-0.2, -0.15) is 13.2 Å². The van der Waals surface area contributed by atoms with Crippen LogP contribution in [0.5, 0.6) is 0 Å². The van der Waals surface area contributed by atoms with Gasteiger partial charge in [-0.3, -0.25) is 9.69 Å². The number of nitrogens with zero attached hydrogens (tertiary/aromatic N) is 2. The van der Waals surface area contributed by atoms with Crippen molar-refractivity contribution in [2.24, 2.45) is 5.92 Å². The number of amides is 1. The fraction of sp³-hybridized carbons (Fsp3) is 0.444. The number of carbonyl (C=O) groups excluding carboxylic acids is 1. The van der Waals surface area contributed by atoms with E-state index >= 15 is 0 Å². The van der Waals surface area contributed by atoms with Gasteiger partial charge in [0.1, 0.15) is 5.01 Å². The lowest BCUT2D eigenvalue weighted by atomic mass is 9.96. The summed E-state index contributed by atoms with van der Waals surface area (Å²) in [4.78, 5) is 18.5. The Bertz CT molecular complexity index is 750. The molecule has 1 saturated heterocycles. The van der Waals surface area contributed by atoms with Crippen LogP contribution in [0.4, 0.5) is 13.2 Å². The highest BCUT2D eigenvalue weighted by Crippen LogP contribution is 2.32. The highest BCUT2D eigenvalue weighted by atomic mass is 32.1. The van der Waals surface area contributed by atoms with Crippen molar-refractivity contribution in [1.82, 2.24) is 15.2 Å². The summed E-state index contributed by atoms with van der Waals surface area (Å²) in [5.41, 5.74) is 0.938. The van der Waals surface area contributed by atoms with Crippen molar-refractivity contribution in [3.8, 4) is 10.6 Å². The van der Waals surface area contributed by atoms with Crippen molar-refractivity contribution >= 4 is 17.2 Å². The van der Waals surface area contributed by atoms with Gasteiger partial charge in [-0.25, -0.2) is 4.98 Å². The molecule has 140 valence electrons. The molecule has 1 aliphatic rings. The van der Waals surface area contributed by atoms with Crippen molar-refractivity contribution in [3.05, 3.63) is 40.9 Å². The lowest BCUT2D eigenvalue weighted by Crippen LogP contribution is -2.39. The van der Waals surface area contributed by atoms with Crippen molar-refractivity contribution in [2.45, 2.75) is 25.6 Å². The summed E-state index contributed by atoms with van der Waals surface area (Å²) in [6.45, 7) is 2.37. The normalized spacial score (nSPS) is 16.6. The second-order valence-corrected chi connectivity index (χ2v) is 7.24. The number of rotatable bonds is 4. The molecule has 1 amide bonds. The summed E-state index contributed by atoms with van der Waals surface area (Å²) in [5.74, 6) is 0.178. The molecule has 1 fully saturated rings. The number of likely N-dealkylation sites (tertiary alicyclic amines) is 1. The maximum absolute atomic E-state index is 12.6. The molecule has 0 saturated carbocycles. The van der Waals surface area contributed by atoms with Crippen molar-refractivity contribution in [3.63, 3.8) is 0 Å². The minimum absolute atomic E-state index is 0.0781. The fourth-order valence-corrected chi connectivity index (χ4v) is 3.92. The van der Waals surface area contributed by atoms with E-state index in [1.807, 2.05) is 5.38 Å². The van der Waals surface area contributed by atoms with Crippen LogP contribution in [0.2, 0.25) is 0 Å². The van der Waals surface area contributed by atoms with E-state index in [2.05, 4.69) is 15.2 Å². The van der Waals surface area contributed by atoms with Gasteiger partial charge in [0.15, 0.2) is 0 Å². The average Bonchev–Trinajstić information content (AvgIpc) is 3.09. The number of hydrogen-bond donors (Lipinski definition) is 1. The summed E-state index contributed by atoms with van der Waals surface area (Å²) in [6, 6.07) is 5.08. The average molecular weight is 383 g/mol. The number of carbonyl (C=O) groups is 1. The second-order valence-electron chi connectivity index (χ2n) is 6.38. The molecule has 0 atom stereocenters. The van der Waals surface area contributed by atoms with Gasteiger partial charge < -0.3 is 5.32 Å². The molecule has 2 heterocycles. The van der Waals surface area contributed by atoms with Crippen LogP contribution < -0.4 is 5.32 Å². The Hall–Kier alpha value is -1.93. The summed E-state index contributed by atoms with van der Waals surface area (Å²) in [5, 5.41) is 5.35. The van der Waals surface area contributed by atoms with Crippen LogP contribution in [0.15, 0.2) is 29.6 Å². The van der Waals surface area contributed by atoms with E-state index in [0.29, 0.717) is 17.1 Å². The molecule has 3 rings (SSSR count). The van der Waals surface area contributed by atoms with E-state index in [1.54, 1.807) is 7.05 Å². The van der Waals surface area contributed by atoms with Crippen LogP contribution in [0, 0.1) is 5.92 Å². The van der Waals surface area contributed by atoms with Gasteiger partial charge in [0.25, 0.3) is 0 Å². The van der Waals surface area contributed by atoms with Gasteiger partial charge in [-0.15, -0.1) is 11.3 Å². The third-order valence-electron chi connectivity index (χ3n) is 4.60. The summed E-state index contributed by atoms with van der Waals surface area (Å²) < 4.78 is 37.9. The molecule has 0 spiro atoms. The van der Waals surface area contributed by atoms with Crippen molar-refractivity contribution in [2.75, 3.05) is 20.1 Å². The minimum atomic E-state index is -4.33. The monoisotopic (exact) mass is 383 g/mol. The Labute approximate surface area is 154 Å². The molecule has 4 nitrogen and oxygen atoms in total. The van der Waals surface area contributed by atoms with Gasteiger partial charge in [0.2, 0.25) is 5.91 Å². The molecular weight excluding hydrogens is 363 g/mol. The highest BCUT2D eigenvalue weighted by molar-refractivity contribution is 7.13. The van der Waals surface area contributed by atoms with Crippen molar-refractivity contribution < 1.29 is 18.0 Å². The zero-order valence-corrected chi connectivity index (χ0v) is 15.2. The molecule has 1 aromatic carbocycles. The molecular formula is C18H20F3N3OS. The molecule has 1 aromatic heterocycles. The Kier molecular flexibility index (Phi) is 5.62. The van der Waals surface area contributed by atoms with Gasteiger partial charge in [-0.05, 0) is 38.1 Å². The van der Waals surface area contributed by atoms with Crippen LogP contribution in [-0.2, 0) is 17.5 Å². The molecule has 0 unspecified atom stereocenters. The van der Waals surface area contributed by atoms with E-state index in [4.69, 9.17) is 0 Å². The van der Waals surface area contributed by atoms with Gasteiger partial charge in [-0.1, -0.05) is 12.1 Å². The largest absolute Gasteiger partial charge is 0.416 e. The van der Waals surface area contributed by atoms with Gasteiger partial charge >= 0.3 is 6.18 Å². The number of hydrogen-bond acceptors (Lipinski definition) is 4. The summed E-state index contributed by atoms with van der Waals surface area (Å²) >= 11 is 1.43. The number of alkyl halides is 3. The Morgan fingerprint density at radius 1 is 1.27 bits per heavy atom. The first-order valence-electron chi connectivity index (χ1n) is 8.43. The lowest BCUT2D eigenvalue weighted by Gasteiger charge is -2.30. The SMILES string of the molecule is CNC(=O)C1CCN(Cc2csc(-c3ccc(C(F)(F)F)cc3)n2)CC1. The number of benzene rings is 1.